The van der Waals surface area contributed by atoms with Gasteiger partial charge < -0.3 is 9.26 Å². The number of hydrogen-bond donors (Lipinski definition) is 0. The van der Waals surface area contributed by atoms with Crippen molar-refractivity contribution in [1.29, 1.82) is 0 Å². The smallest absolute Gasteiger partial charge is 0.268 e. The predicted molar refractivity (Wildman–Crippen MR) is 95.2 cm³/mol. The Bertz CT molecular complexity index is 923. The third kappa shape index (κ3) is 3.02. The molecule has 1 aliphatic rings. The van der Waals surface area contributed by atoms with E-state index in [0.717, 1.165) is 10.0 Å². The van der Waals surface area contributed by atoms with E-state index in [4.69, 9.17) is 9.26 Å². The molecule has 1 unspecified atom stereocenters. The van der Waals surface area contributed by atoms with Crippen LogP contribution < -0.4 is 9.64 Å². The number of anilines is 1. The average molecular weight is 400 g/mol. The van der Waals surface area contributed by atoms with Crippen molar-refractivity contribution in [3.05, 3.63) is 58.9 Å². The number of carbonyl (C=O) groups excluding carboxylic acids is 1. The van der Waals surface area contributed by atoms with Gasteiger partial charge in [-0.05, 0) is 43.3 Å². The van der Waals surface area contributed by atoms with Crippen LogP contribution in [-0.2, 0) is 11.3 Å². The molecule has 1 atom stereocenters. The summed E-state index contributed by atoms with van der Waals surface area (Å²) in [6, 6.07) is 15.0. The SMILES string of the molecule is CC1Oc2ccccc2N(Cc2nc(-c3ccc(Br)cc3)no2)C1=O. The summed E-state index contributed by atoms with van der Waals surface area (Å²) < 4.78 is 12.0. The first-order valence-corrected chi connectivity index (χ1v) is 8.57. The molecule has 0 fully saturated rings. The Morgan fingerprint density at radius 1 is 1.16 bits per heavy atom. The van der Waals surface area contributed by atoms with Crippen molar-refractivity contribution >= 4 is 27.5 Å². The van der Waals surface area contributed by atoms with Crippen molar-refractivity contribution in [3.63, 3.8) is 0 Å². The fourth-order valence-corrected chi connectivity index (χ4v) is 2.96. The zero-order valence-electron chi connectivity index (χ0n) is 13.3. The molecule has 0 saturated carbocycles. The first-order valence-electron chi connectivity index (χ1n) is 7.77. The van der Waals surface area contributed by atoms with Gasteiger partial charge in [-0.15, -0.1) is 0 Å². The highest BCUT2D eigenvalue weighted by Gasteiger charge is 2.32. The molecule has 0 radical (unpaired) electrons. The van der Waals surface area contributed by atoms with E-state index in [1.165, 1.54) is 0 Å². The van der Waals surface area contributed by atoms with Gasteiger partial charge in [0.1, 0.15) is 12.3 Å². The van der Waals surface area contributed by atoms with Crippen LogP contribution in [0.2, 0.25) is 0 Å². The first-order chi connectivity index (χ1) is 12.1. The molecule has 0 saturated heterocycles. The Kier molecular flexibility index (Phi) is 4.01. The second-order valence-electron chi connectivity index (χ2n) is 5.67. The van der Waals surface area contributed by atoms with E-state index in [9.17, 15) is 4.79 Å². The highest BCUT2D eigenvalue weighted by atomic mass is 79.9. The zero-order chi connectivity index (χ0) is 17.4. The summed E-state index contributed by atoms with van der Waals surface area (Å²) in [5.74, 6) is 1.39. The number of carbonyl (C=O) groups is 1. The Morgan fingerprint density at radius 3 is 2.72 bits per heavy atom. The van der Waals surface area contributed by atoms with Crippen LogP contribution in [0.15, 0.2) is 57.5 Å². The lowest BCUT2D eigenvalue weighted by Crippen LogP contribution is -2.44. The normalized spacial score (nSPS) is 16.5. The molecular formula is C18H14BrN3O3. The second kappa shape index (κ2) is 6.33. The molecule has 1 amide bonds. The number of hydrogen-bond acceptors (Lipinski definition) is 5. The van der Waals surface area contributed by atoms with Crippen LogP contribution in [0.1, 0.15) is 12.8 Å². The zero-order valence-corrected chi connectivity index (χ0v) is 14.9. The Morgan fingerprint density at radius 2 is 1.92 bits per heavy atom. The van der Waals surface area contributed by atoms with E-state index in [2.05, 4.69) is 26.1 Å². The lowest BCUT2D eigenvalue weighted by atomic mass is 10.2. The standard InChI is InChI=1S/C18H14BrN3O3/c1-11-18(23)22(14-4-2-3-5-15(14)24-11)10-16-20-17(21-25-16)12-6-8-13(19)9-7-12/h2-9,11H,10H2,1H3. The molecule has 0 aliphatic carbocycles. The first kappa shape index (κ1) is 15.8. The van der Waals surface area contributed by atoms with Crippen LogP contribution in [0, 0.1) is 0 Å². The number of aromatic nitrogens is 2. The maximum absolute atomic E-state index is 12.5. The van der Waals surface area contributed by atoms with Gasteiger partial charge in [-0.1, -0.05) is 33.2 Å². The summed E-state index contributed by atoms with van der Waals surface area (Å²) in [7, 11) is 0. The van der Waals surface area contributed by atoms with Gasteiger partial charge in [0.05, 0.1) is 5.69 Å². The summed E-state index contributed by atoms with van der Waals surface area (Å²) in [5.41, 5.74) is 1.55. The van der Waals surface area contributed by atoms with Crippen molar-refractivity contribution in [2.75, 3.05) is 4.90 Å². The number of para-hydroxylation sites is 2. The number of halogens is 1. The van der Waals surface area contributed by atoms with Crippen LogP contribution in [0.25, 0.3) is 11.4 Å². The van der Waals surface area contributed by atoms with Gasteiger partial charge in [0.25, 0.3) is 5.91 Å². The van der Waals surface area contributed by atoms with Gasteiger partial charge in [-0.25, -0.2) is 0 Å². The second-order valence-corrected chi connectivity index (χ2v) is 6.59. The van der Waals surface area contributed by atoms with E-state index in [0.29, 0.717) is 23.2 Å². The largest absolute Gasteiger partial charge is 0.479 e. The van der Waals surface area contributed by atoms with Crippen molar-refractivity contribution in [3.8, 4) is 17.1 Å². The summed E-state index contributed by atoms with van der Waals surface area (Å²) in [6.45, 7) is 1.93. The van der Waals surface area contributed by atoms with Crippen molar-refractivity contribution in [2.24, 2.45) is 0 Å². The monoisotopic (exact) mass is 399 g/mol. The Labute approximate surface area is 152 Å². The van der Waals surface area contributed by atoms with E-state index in [-0.39, 0.29) is 12.5 Å². The molecule has 2 aromatic carbocycles. The van der Waals surface area contributed by atoms with Crippen LogP contribution in [0.4, 0.5) is 5.69 Å². The third-order valence-corrected chi connectivity index (χ3v) is 4.47. The molecule has 6 nitrogen and oxygen atoms in total. The topological polar surface area (TPSA) is 68.5 Å². The summed E-state index contributed by atoms with van der Waals surface area (Å²) in [5, 5.41) is 4.01. The van der Waals surface area contributed by atoms with Gasteiger partial charge in [0, 0.05) is 10.0 Å². The third-order valence-electron chi connectivity index (χ3n) is 3.94. The molecule has 126 valence electrons. The number of amides is 1. The molecule has 0 spiro atoms. The van der Waals surface area contributed by atoms with Gasteiger partial charge >= 0.3 is 0 Å². The van der Waals surface area contributed by atoms with Gasteiger partial charge in [-0.3, -0.25) is 9.69 Å². The number of ether oxygens (including phenoxy) is 1. The van der Waals surface area contributed by atoms with Gasteiger partial charge in [0.2, 0.25) is 11.7 Å². The molecule has 0 bridgehead atoms. The predicted octanol–water partition coefficient (Wildman–Crippen LogP) is 3.81. The minimum atomic E-state index is -0.552. The molecule has 0 N–H and O–H groups in total. The highest BCUT2D eigenvalue weighted by Crippen LogP contribution is 2.34. The molecule has 3 aromatic rings. The van der Waals surface area contributed by atoms with Crippen LogP contribution in [0.3, 0.4) is 0 Å². The number of fused-ring (bicyclic) bond motifs is 1. The molecule has 1 aliphatic heterocycles. The fraction of sp³-hybridized carbons (Fsp3) is 0.167. The Balaban J connectivity index is 1.62. The molecular weight excluding hydrogens is 386 g/mol. The number of nitrogens with zero attached hydrogens (tertiary/aromatic N) is 3. The summed E-state index contributed by atoms with van der Waals surface area (Å²) in [4.78, 5) is 18.5. The molecule has 1 aromatic heterocycles. The molecule has 25 heavy (non-hydrogen) atoms. The lowest BCUT2D eigenvalue weighted by Gasteiger charge is -2.31. The molecule has 2 heterocycles. The van der Waals surface area contributed by atoms with Gasteiger partial charge in [-0.2, -0.15) is 4.98 Å². The van der Waals surface area contributed by atoms with Gasteiger partial charge in [0.15, 0.2) is 6.10 Å². The van der Waals surface area contributed by atoms with Crippen molar-refractivity contribution in [2.45, 2.75) is 19.6 Å². The molecule has 4 rings (SSSR count). The van der Waals surface area contributed by atoms with E-state index in [1.807, 2.05) is 48.5 Å². The lowest BCUT2D eigenvalue weighted by molar-refractivity contribution is -0.125. The minimum Gasteiger partial charge on any atom is -0.479 e. The Hall–Kier alpha value is -2.67. The maximum Gasteiger partial charge on any atom is 0.268 e. The number of benzene rings is 2. The van der Waals surface area contributed by atoms with Crippen molar-refractivity contribution < 1.29 is 14.1 Å². The minimum absolute atomic E-state index is 0.137. The van der Waals surface area contributed by atoms with Crippen LogP contribution >= 0.6 is 15.9 Å². The van der Waals surface area contributed by atoms with Crippen molar-refractivity contribution in [1.82, 2.24) is 10.1 Å². The summed E-state index contributed by atoms with van der Waals surface area (Å²) >= 11 is 3.40. The van der Waals surface area contributed by atoms with E-state index >= 15 is 0 Å². The van der Waals surface area contributed by atoms with E-state index < -0.39 is 6.10 Å². The van der Waals surface area contributed by atoms with E-state index in [1.54, 1.807) is 11.8 Å². The number of rotatable bonds is 3. The average Bonchev–Trinajstić information content (AvgIpc) is 3.08. The van der Waals surface area contributed by atoms with Crippen LogP contribution in [-0.4, -0.2) is 22.2 Å². The maximum atomic E-state index is 12.5. The fourth-order valence-electron chi connectivity index (χ4n) is 2.69. The molecule has 7 heteroatoms. The van der Waals surface area contributed by atoms with Crippen LogP contribution in [0.5, 0.6) is 5.75 Å². The quantitative estimate of drug-likeness (QED) is 0.669. The summed E-state index contributed by atoms with van der Waals surface area (Å²) in [6.07, 6.45) is -0.552. The highest BCUT2D eigenvalue weighted by molar-refractivity contribution is 9.10.